The third-order valence-electron chi connectivity index (χ3n) is 6.59. The summed E-state index contributed by atoms with van der Waals surface area (Å²) >= 11 is 0. The molecule has 5 rings (SSSR count). The molecular formula is C26H29N5O. The number of hydrogen-bond acceptors (Lipinski definition) is 5. The Morgan fingerprint density at radius 2 is 1.81 bits per heavy atom. The van der Waals surface area contributed by atoms with Gasteiger partial charge in [-0.15, -0.1) is 0 Å². The van der Waals surface area contributed by atoms with Gasteiger partial charge in [0, 0.05) is 56.7 Å². The van der Waals surface area contributed by atoms with Crippen LogP contribution < -0.4 is 5.32 Å². The number of carbonyl (C=O) groups is 1. The van der Waals surface area contributed by atoms with Crippen molar-refractivity contribution in [2.24, 2.45) is 0 Å². The van der Waals surface area contributed by atoms with Crippen LogP contribution in [0.1, 0.15) is 39.8 Å². The molecule has 1 N–H and O–H groups in total. The number of fused-ring (bicyclic) bond motifs is 1. The van der Waals surface area contributed by atoms with Crippen LogP contribution in [0.25, 0.3) is 11.1 Å². The molecule has 6 nitrogen and oxygen atoms in total. The van der Waals surface area contributed by atoms with Crippen LogP contribution in [-0.2, 0) is 13.0 Å². The average Bonchev–Trinajstić information content (AvgIpc) is 3.34. The van der Waals surface area contributed by atoms with Crippen molar-refractivity contribution in [3.63, 3.8) is 0 Å². The van der Waals surface area contributed by atoms with E-state index in [-0.39, 0.29) is 11.8 Å². The van der Waals surface area contributed by atoms with Crippen LogP contribution >= 0.6 is 0 Å². The number of nitrogens with zero attached hydrogens (tertiary/aromatic N) is 4. The number of carbonyl (C=O) groups excluding carboxylic acids is 1. The number of likely N-dealkylation sites (tertiary alicyclic amines) is 1. The summed E-state index contributed by atoms with van der Waals surface area (Å²) in [6.07, 6.45) is 1.83. The van der Waals surface area contributed by atoms with Gasteiger partial charge in [0.1, 0.15) is 11.6 Å². The first-order valence-corrected chi connectivity index (χ1v) is 11.3. The molecule has 6 heteroatoms. The number of amides is 1. The summed E-state index contributed by atoms with van der Waals surface area (Å²) in [5.41, 5.74) is 5.15. The lowest BCUT2D eigenvalue weighted by Gasteiger charge is -2.26. The molecule has 0 radical (unpaired) electrons. The molecule has 164 valence electrons. The number of anilines is 1. The maximum absolute atomic E-state index is 13.5. The third kappa shape index (κ3) is 3.86. The number of rotatable bonds is 4. The van der Waals surface area contributed by atoms with Gasteiger partial charge < -0.3 is 15.1 Å². The minimum atomic E-state index is 0.0837. The minimum absolute atomic E-state index is 0.0837. The van der Waals surface area contributed by atoms with Crippen LogP contribution in [0.5, 0.6) is 0 Å². The highest BCUT2D eigenvalue weighted by Gasteiger charge is 2.32. The highest BCUT2D eigenvalue weighted by atomic mass is 16.2. The fourth-order valence-electron chi connectivity index (χ4n) is 4.82. The molecule has 0 unspecified atom stereocenters. The van der Waals surface area contributed by atoms with E-state index in [4.69, 9.17) is 9.97 Å². The first kappa shape index (κ1) is 20.6. The molecule has 3 heterocycles. The summed E-state index contributed by atoms with van der Waals surface area (Å²) < 4.78 is 0. The molecule has 0 spiro atoms. The van der Waals surface area contributed by atoms with Gasteiger partial charge in [0.2, 0.25) is 0 Å². The smallest absolute Gasteiger partial charge is 0.254 e. The average molecular weight is 428 g/mol. The summed E-state index contributed by atoms with van der Waals surface area (Å²) in [4.78, 5) is 27.6. The summed E-state index contributed by atoms with van der Waals surface area (Å²) in [5, 5.41) is 3.27. The number of hydrogen-bond donors (Lipinski definition) is 1. The van der Waals surface area contributed by atoms with Crippen molar-refractivity contribution < 1.29 is 4.79 Å². The van der Waals surface area contributed by atoms with Crippen LogP contribution in [0.3, 0.4) is 0 Å². The zero-order valence-electron chi connectivity index (χ0n) is 18.7. The number of benzene rings is 2. The minimum Gasteiger partial charge on any atom is -0.373 e. The molecule has 2 aromatic carbocycles. The Kier molecular flexibility index (Phi) is 5.62. The van der Waals surface area contributed by atoms with Gasteiger partial charge in [-0.05, 0) is 30.7 Å². The zero-order chi connectivity index (χ0) is 22.1. The monoisotopic (exact) mass is 427 g/mol. The van der Waals surface area contributed by atoms with E-state index < -0.39 is 0 Å². The molecule has 1 fully saturated rings. The second kappa shape index (κ2) is 8.71. The Hall–Kier alpha value is -3.25. The van der Waals surface area contributed by atoms with Crippen LogP contribution in [0.2, 0.25) is 0 Å². The molecule has 0 aliphatic carbocycles. The molecule has 1 saturated heterocycles. The lowest BCUT2D eigenvalue weighted by Crippen LogP contribution is -2.30. The largest absolute Gasteiger partial charge is 0.373 e. The fourth-order valence-corrected chi connectivity index (χ4v) is 4.82. The topological polar surface area (TPSA) is 61.4 Å². The predicted molar refractivity (Wildman–Crippen MR) is 127 cm³/mol. The van der Waals surface area contributed by atoms with Gasteiger partial charge in [-0.2, -0.15) is 0 Å². The summed E-state index contributed by atoms with van der Waals surface area (Å²) in [6.45, 7) is 3.27. The molecular weight excluding hydrogens is 398 g/mol. The Morgan fingerprint density at radius 3 is 2.62 bits per heavy atom. The first-order chi connectivity index (χ1) is 15.6. The second-order valence-corrected chi connectivity index (χ2v) is 8.74. The lowest BCUT2D eigenvalue weighted by molar-refractivity contribution is 0.0791. The Balaban J connectivity index is 1.39. The molecule has 2 aliphatic heterocycles. The van der Waals surface area contributed by atoms with Gasteiger partial charge in [-0.3, -0.25) is 4.79 Å². The van der Waals surface area contributed by atoms with Gasteiger partial charge >= 0.3 is 0 Å². The second-order valence-electron chi connectivity index (χ2n) is 8.74. The molecule has 3 aromatic rings. The van der Waals surface area contributed by atoms with Gasteiger partial charge in [-0.25, -0.2) is 9.97 Å². The predicted octanol–water partition coefficient (Wildman–Crippen LogP) is 3.80. The summed E-state index contributed by atoms with van der Waals surface area (Å²) in [6, 6.07) is 18.0. The fraction of sp³-hybridized carbons (Fsp3) is 0.346. The van der Waals surface area contributed by atoms with E-state index in [1.165, 1.54) is 5.56 Å². The number of likely N-dealkylation sites (N-methyl/N-ethyl adjacent to an activating group) is 1. The third-order valence-corrected chi connectivity index (χ3v) is 6.59. The van der Waals surface area contributed by atoms with E-state index in [1.807, 2.05) is 54.4 Å². The van der Waals surface area contributed by atoms with Crippen molar-refractivity contribution in [2.75, 3.05) is 39.0 Å². The van der Waals surface area contributed by atoms with Crippen LogP contribution in [0.4, 0.5) is 5.82 Å². The van der Waals surface area contributed by atoms with Crippen molar-refractivity contribution >= 4 is 11.7 Å². The quantitative estimate of drug-likeness (QED) is 0.686. The Morgan fingerprint density at radius 1 is 1.03 bits per heavy atom. The molecule has 1 amide bonds. The molecule has 1 aromatic heterocycles. The SMILES string of the molecule is CNc1nc([C@@H]2CCN(C(=O)c3ccccc3-c3ccccc3)C2)nc2c1CN(C)CC2. The maximum atomic E-state index is 13.5. The van der Waals surface area contributed by atoms with E-state index in [1.54, 1.807) is 0 Å². The lowest BCUT2D eigenvalue weighted by atomic mass is 9.99. The van der Waals surface area contributed by atoms with Gasteiger partial charge in [0.15, 0.2) is 0 Å². The molecule has 0 saturated carbocycles. The van der Waals surface area contributed by atoms with Crippen LogP contribution in [-0.4, -0.2) is 59.4 Å². The van der Waals surface area contributed by atoms with E-state index in [0.717, 1.165) is 66.5 Å². The van der Waals surface area contributed by atoms with Gasteiger partial charge in [0.25, 0.3) is 5.91 Å². The molecule has 32 heavy (non-hydrogen) atoms. The van der Waals surface area contributed by atoms with E-state index in [9.17, 15) is 4.79 Å². The van der Waals surface area contributed by atoms with Crippen molar-refractivity contribution in [3.05, 3.63) is 77.2 Å². The highest BCUT2D eigenvalue weighted by molar-refractivity contribution is 6.01. The maximum Gasteiger partial charge on any atom is 0.254 e. The molecule has 1 atom stereocenters. The summed E-state index contributed by atoms with van der Waals surface area (Å²) in [5.74, 6) is 2.04. The normalized spacial score (nSPS) is 18.4. The van der Waals surface area contributed by atoms with Crippen molar-refractivity contribution in [3.8, 4) is 11.1 Å². The standard InChI is InChI=1S/C26H29N5O/c1-27-25-22-17-30(2)14-13-23(22)28-24(29-25)19-12-15-31(16-19)26(32)21-11-7-6-10-20(21)18-8-4-3-5-9-18/h3-11,19H,12-17H2,1-2H3,(H,27,28,29)/t19-/m1/s1. The van der Waals surface area contributed by atoms with Crippen molar-refractivity contribution in [2.45, 2.75) is 25.3 Å². The van der Waals surface area contributed by atoms with Crippen molar-refractivity contribution in [1.29, 1.82) is 0 Å². The summed E-state index contributed by atoms with van der Waals surface area (Å²) in [7, 11) is 4.05. The molecule has 0 bridgehead atoms. The van der Waals surface area contributed by atoms with E-state index in [2.05, 4.69) is 29.4 Å². The molecule has 2 aliphatic rings. The Labute approximate surface area is 189 Å². The highest BCUT2D eigenvalue weighted by Crippen LogP contribution is 2.32. The number of aromatic nitrogens is 2. The van der Waals surface area contributed by atoms with Crippen LogP contribution in [0, 0.1) is 0 Å². The van der Waals surface area contributed by atoms with Gasteiger partial charge in [-0.1, -0.05) is 48.5 Å². The van der Waals surface area contributed by atoms with E-state index in [0.29, 0.717) is 6.54 Å². The Bertz CT molecular complexity index is 1110. The van der Waals surface area contributed by atoms with Crippen molar-refractivity contribution in [1.82, 2.24) is 19.8 Å². The van der Waals surface area contributed by atoms with E-state index >= 15 is 0 Å². The zero-order valence-corrected chi connectivity index (χ0v) is 18.7. The number of nitrogens with one attached hydrogen (secondary N) is 1. The van der Waals surface area contributed by atoms with Crippen LogP contribution in [0.15, 0.2) is 54.6 Å². The van der Waals surface area contributed by atoms with Gasteiger partial charge in [0.05, 0.1) is 5.69 Å². The first-order valence-electron chi connectivity index (χ1n) is 11.3.